The number of amides is 2. The summed E-state index contributed by atoms with van der Waals surface area (Å²) in [7, 11) is 0. The number of fused-ring (bicyclic) bond motifs is 2. The number of carbonyl (C=O) groups excluding carboxylic acids is 2. The molecule has 0 aliphatic carbocycles. The van der Waals surface area contributed by atoms with Gasteiger partial charge in [-0.3, -0.25) is 9.59 Å². The lowest BCUT2D eigenvalue weighted by Crippen LogP contribution is -2.42. The minimum atomic E-state index is -1.51. The van der Waals surface area contributed by atoms with Crippen LogP contribution in [0.25, 0.3) is 16.9 Å². The van der Waals surface area contributed by atoms with Gasteiger partial charge in [-0.25, -0.2) is 27.7 Å². The second-order valence-electron chi connectivity index (χ2n) is 8.58. The Bertz CT molecular complexity index is 1800. The van der Waals surface area contributed by atoms with Gasteiger partial charge in [-0.2, -0.15) is 5.10 Å². The lowest BCUT2D eigenvalue weighted by Gasteiger charge is -2.14. The second kappa shape index (κ2) is 9.53. The molecule has 11 heteroatoms. The SMILES string of the molecule is O=C(NC1N=C(c2ccccc2)c2cccc(F)c2NC1=O)c1c(-c2cccc(F)c2F)nn2cccnc12. The Morgan fingerprint density at radius 3 is 2.44 bits per heavy atom. The average Bonchev–Trinajstić information content (AvgIpc) is 3.27. The highest BCUT2D eigenvalue weighted by molar-refractivity contribution is 6.20. The number of aliphatic imine (C=N–C) groups is 1. The molecule has 3 aromatic carbocycles. The molecule has 0 radical (unpaired) electrons. The summed E-state index contributed by atoms with van der Waals surface area (Å²) in [6.07, 6.45) is 1.38. The highest BCUT2D eigenvalue weighted by atomic mass is 19.2. The predicted octanol–water partition coefficient (Wildman–Crippen LogP) is 4.36. The van der Waals surface area contributed by atoms with Crippen LogP contribution < -0.4 is 10.6 Å². The molecule has 39 heavy (non-hydrogen) atoms. The van der Waals surface area contributed by atoms with E-state index in [0.29, 0.717) is 11.1 Å². The van der Waals surface area contributed by atoms with E-state index in [2.05, 4.69) is 25.7 Å². The first-order chi connectivity index (χ1) is 18.9. The number of rotatable bonds is 4. The maximum atomic E-state index is 14.8. The molecule has 0 fully saturated rings. The fraction of sp³-hybridized carbons (Fsp3) is 0.0357. The lowest BCUT2D eigenvalue weighted by molar-refractivity contribution is -0.117. The summed E-state index contributed by atoms with van der Waals surface area (Å²) in [5, 5.41) is 9.28. The van der Waals surface area contributed by atoms with Gasteiger partial charge in [0.15, 0.2) is 17.3 Å². The number of carbonyl (C=O) groups is 2. The van der Waals surface area contributed by atoms with Gasteiger partial charge in [0.25, 0.3) is 11.8 Å². The molecule has 192 valence electrons. The zero-order valence-corrected chi connectivity index (χ0v) is 19.9. The monoisotopic (exact) mass is 526 g/mol. The van der Waals surface area contributed by atoms with E-state index >= 15 is 0 Å². The number of benzodiazepines with no additional fused rings is 1. The summed E-state index contributed by atoms with van der Waals surface area (Å²) >= 11 is 0. The van der Waals surface area contributed by atoms with E-state index in [-0.39, 0.29) is 33.9 Å². The molecule has 3 heterocycles. The van der Waals surface area contributed by atoms with E-state index in [0.717, 1.165) is 6.07 Å². The third-order valence-electron chi connectivity index (χ3n) is 6.17. The Hall–Kier alpha value is -5.32. The zero-order chi connectivity index (χ0) is 27.1. The standard InChI is InChI=1S/C28H17F3N6O2/c29-18-11-4-9-16(21(18)31)24-20(26-32-13-6-14-37(26)36-24)27(38)35-25-28(39)34-23-17(10-5-12-19(23)30)22(33-25)15-7-2-1-3-8-15/h1-14,25H,(H,34,39)(H,35,38). The summed E-state index contributed by atoms with van der Waals surface area (Å²) < 4.78 is 44.8. The second-order valence-corrected chi connectivity index (χ2v) is 8.58. The van der Waals surface area contributed by atoms with Crippen LogP contribution in [0.3, 0.4) is 0 Å². The van der Waals surface area contributed by atoms with Crippen LogP contribution >= 0.6 is 0 Å². The lowest BCUT2D eigenvalue weighted by atomic mass is 10.0. The molecule has 1 aliphatic heterocycles. The predicted molar refractivity (Wildman–Crippen MR) is 137 cm³/mol. The summed E-state index contributed by atoms with van der Waals surface area (Å²) in [5.41, 5.74) is 0.497. The van der Waals surface area contributed by atoms with E-state index in [1.807, 2.05) is 0 Å². The summed E-state index contributed by atoms with van der Waals surface area (Å²) in [4.78, 5) is 35.5. The first kappa shape index (κ1) is 24.0. The molecule has 6 rings (SSSR count). The van der Waals surface area contributed by atoms with Gasteiger partial charge in [-0.05, 0) is 24.3 Å². The Balaban J connectivity index is 1.47. The van der Waals surface area contributed by atoms with Gasteiger partial charge in [-0.15, -0.1) is 0 Å². The number of hydrogen-bond donors (Lipinski definition) is 2. The number of halogens is 3. The number of hydrogen-bond acceptors (Lipinski definition) is 5. The molecule has 1 atom stereocenters. The maximum Gasteiger partial charge on any atom is 0.269 e. The van der Waals surface area contributed by atoms with E-state index in [9.17, 15) is 22.8 Å². The van der Waals surface area contributed by atoms with Crippen molar-refractivity contribution in [2.24, 2.45) is 4.99 Å². The van der Waals surface area contributed by atoms with Crippen LogP contribution in [0.4, 0.5) is 18.9 Å². The first-order valence-electron chi connectivity index (χ1n) is 11.7. The van der Waals surface area contributed by atoms with Gasteiger partial charge in [-0.1, -0.05) is 48.5 Å². The Morgan fingerprint density at radius 2 is 1.64 bits per heavy atom. The molecular weight excluding hydrogens is 509 g/mol. The molecule has 1 aliphatic rings. The Labute approximate surface area is 218 Å². The summed E-state index contributed by atoms with van der Waals surface area (Å²) in [6.45, 7) is 0. The van der Waals surface area contributed by atoms with Crippen LogP contribution in [0.2, 0.25) is 0 Å². The molecule has 8 nitrogen and oxygen atoms in total. The molecule has 0 bridgehead atoms. The van der Waals surface area contributed by atoms with Crippen molar-refractivity contribution in [3.63, 3.8) is 0 Å². The van der Waals surface area contributed by atoms with E-state index in [4.69, 9.17) is 0 Å². The van der Waals surface area contributed by atoms with E-state index in [1.54, 1.807) is 42.5 Å². The number of anilines is 1. The van der Waals surface area contributed by atoms with Crippen molar-refractivity contribution >= 4 is 28.9 Å². The van der Waals surface area contributed by atoms with Gasteiger partial charge in [0.05, 0.1) is 11.4 Å². The van der Waals surface area contributed by atoms with Crippen LogP contribution in [0.5, 0.6) is 0 Å². The van der Waals surface area contributed by atoms with Crippen LogP contribution in [0.1, 0.15) is 21.5 Å². The third kappa shape index (κ3) is 4.19. The first-order valence-corrected chi connectivity index (χ1v) is 11.7. The molecule has 0 spiro atoms. The van der Waals surface area contributed by atoms with Crippen LogP contribution in [-0.4, -0.2) is 38.3 Å². The van der Waals surface area contributed by atoms with Crippen molar-refractivity contribution in [3.05, 3.63) is 119 Å². The van der Waals surface area contributed by atoms with Crippen molar-refractivity contribution < 1.29 is 22.8 Å². The highest BCUT2D eigenvalue weighted by Crippen LogP contribution is 2.30. The molecule has 2 aromatic heterocycles. The topological polar surface area (TPSA) is 101 Å². The van der Waals surface area contributed by atoms with Crippen molar-refractivity contribution in [2.45, 2.75) is 6.17 Å². The smallest absolute Gasteiger partial charge is 0.269 e. The molecule has 5 aromatic rings. The molecular formula is C28H17F3N6O2. The quantitative estimate of drug-likeness (QED) is 0.364. The van der Waals surface area contributed by atoms with Crippen molar-refractivity contribution in [1.29, 1.82) is 0 Å². The minimum absolute atomic E-state index is 0.0456. The molecule has 0 saturated carbocycles. The normalized spacial score (nSPS) is 14.8. The largest absolute Gasteiger partial charge is 0.322 e. The average molecular weight is 526 g/mol. The highest BCUT2D eigenvalue weighted by Gasteiger charge is 2.32. The Kier molecular flexibility index (Phi) is 5.87. The summed E-state index contributed by atoms with van der Waals surface area (Å²) in [5.74, 6) is -4.66. The molecule has 2 N–H and O–H groups in total. The van der Waals surface area contributed by atoms with Crippen LogP contribution in [-0.2, 0) is 4.79 Å². The van der Waals surface area contributed by atoms with Gasteiger partial charge in [0.2, 0.25) is 6.17 Å². The number of aromatic nitrogens is 3. The fourth-order valence-electron chi connectivity index (χ4n) is 4.39. The Morgan fingerprint density at radius 1 is 0.897 bits per heavy atom. The molecule has 2 amide bonds. The number of benzene rings is 3. The number of para-hydroxylation sites is 1. The third-order valence-corrected chi connectivity index (χ3v) is 6.17. The zero-order valence-electron chi connectivity index (χ0n) is 19.9. The van der Waals surface area contributed by atoms with Crippen LogP contribution in [0, 0.1) is 17.5 Å². The maximum absolute atomic E-state index is 14.8. The molecule has 1 unspecified atom stereocenters. The van der Waals surface area contributed by atoms with E-state index in [1.165, 1.54) is 41.2 Å². The summed E-state index contributed by atoms with van der Waals surface area (Å²) in [6, 6.07) is 18.1. The fourth-order valence-corrected chi connectivity index (χ4v) is 4.39. The van der Waals surface area contributed by atoms with Gasteiger partial charge in [0, 0.05) is 29.1 Å². The van der Waals surface area contributed by atoms with Crippen molar-refractivity contribution in [2.75, 3.05) is 5.32 Å². The van der Waals surface area contributed by atoms with Crippen LogP contribution in [0.15, 0.2) is 90.2 Å². The number of nitrogens with one attached hydrogen (secondary N) is 2. The van der Waals surface area contributed by atoms with Crippen molar-refractivity contribution in [3.8, 4) is 11.3 Å². The minimum Gasteiger partial charge on any atom is -0.322 e. The molecule has 0 saturated heterocycles. The van der Waals surface area contributed by atoms with Crippen molar-refractivity contribution in [1.82, 2.24) is 19.9 Å². The number of nitrogens with zero attached hydrogens (tertiary/aromatic N) is 4. The van der Waals surface area contributed by atoms with Gasteiger partial charge in [0.1, 0.15) is 17.1 Å². The van der Waals surface area contributed by atoms with E-state index < -0.39 is 35.4 Å². The van der Waals surface area contributed by atoms with Gasteiger partial charge < -0.3 is 10.6 Å². The van der Waals surface area contributed by atoms with Gasteiger partial charge >= 0.3 is 0 Å².